The van der Waals surface area contributed by atoms with Gasteiger partial charge in [0.25, 0.3) is 0 Å². The van der Waals surface area contributed by atoms with Crippen LogP contribution in [0.1, 0.15) is 48.1 Å². The van der Waals surface area contributed by atoms with Gasteiger partial charge in [-0.25, -0.2) is 0 Å². The highest BCUT2D eigenvalue weighted by atomic mass is 16.5. The lowest BCUT2D eigenvalue weighted by Gasteiger charge is -2.27. The Morgan fingerprint density at radius 1 is 1.06 bits per heavy atom. The molecule has 1 aliphatic rings. The topological polar surface area (TPSA) is 21.3 Å². The van der Waals surface area contributed by atoms with Crippen LogP contribution in [0.2, 0.25) is 0 Å². The van der Waals surface area contributed by atoms with Crippen LogP contribution >= 0.6 is 0 Å². The third kappa shape index (κ3) is 3.12. The molecule has 1 N–H and O–H groups in total. The first kappa shape index (κ1) is 13.6. The number of piperidine rings is 1. The summed E-state index contributed by atoms with van der Waals surface area (Å²) in [7, 11) is 0. The fourth-order valence-corrected chi connectivity index (χ4v) is 2.71. The Bertz CT molecular complexity index is 408. The molecule has 1 atom stereocenters. The van der Waals surface area contributed by atoms with Gasteiger partial charge < -0.3 is 10.1 Å². The summed E-state index contributed by atoms with van der Waals surface area (Å²) in [5.74, 6) is 0. The van der Waals surface area contributed by atoms with Crippen LogP contribution in [0, 0.1) is 20.8 Å². The Morgan fingerprint density at radius 2 is 1.67 bits per heavy atom. The van der Waals surface area contributed by atoms with Crippen molar-refractivity contribution in [1.82, 2.24) is 5.32 Å². The first-order chi connectivity index (χ1) is 8.58. The quantitative estimate of drug-likeness (QED) is 0.883. The monoisotopic (exact) mass is 247 g/mol. The van der Waals surface area contributed by atoms with Crippen molar-refractivity contribution in [3.05, 3.63) is 34.4 Å². The van der Waals surface area contributed by atoms with E-state index in [2.05, 4.69) is 45.1 Å². The lowest BCUT2D eigenvalue weighted by atomic mass is 9.97. The minimum absolute atomic E-state index is 0.201. The maximum atomic E-state index is 6.21. The molecule has 1 aromatic carbocycles. The second-order valence-electron chi connectivity index (χ2n) is 5.52. The first-order valence-electron chi connectivity index (χ1n) is 7.02. The molecule has 0 bridgehead atoms. The second kappa shape index (κ2) is 5.85. The lowest BCUT2D eigenvalue weighted by Crippen LogP contribution is -2.33. The van der Waals surface area contributed by atoms with E-state index in [1.807, 2.05) is 0 Å². The smallest absolute Gasteiger partial charge is 0.0803 e. The van der Waals surface area contributed by atoms with Crippen LogP contribution in [0.25, 0.3) is 0 Å². The van der Waals surface area contributed by atoms with E-state index in [1.54, 1.807) is 0 Å². The number of rotatable bonds is 3. The molecule has 0 amide bonds. The van der Waals surface area contributed by atoms with Crippen molar-refractivity contribution in [3.8, 4) is 0 Å². The average molecular weight is 247 g/mol. The molecule has 1 aromatic rings. The summed E-state index contributed by atoms with van der Waals surface area (Å²) in [5, 5.41) is 3.38. The lowest BCUT2D eigenvalue weighted by molar-refractivity contribution is -0.0189. The van der Waals surface area contributed by atoms with Crippen molar-refractivity contribution in [1.29, 1.82) is 0 Å². The minimum Gasteiger partial charge on any atom is -0.370 e. The highest BCUT2D eigenvalue weighted by Gasteiger charge is 2.18. The van der Waals surface area contributed by atoms with Crippen LogP contribution < -0.4 is 5.32 Å². The van der Waals surface area contributed by atoms with Gasteiger partial charge in [0.2, 0.25) is 0 Å². The first-order valence-corrected chi connectivity index (χ1v) is 7.02. The molecule has 0 aliphatic carbocycles. The van der Waals surface area contributed by atoms with Crippen molar-refractivity contribution in [2.45, 2.75) is 52.7 Å². The molecular formula is C16H25NO. The largest absolute Gasteiger partial charge is 0.370 e. The zero-order chi connectivity index (χ0) is 13.1. The summed E-state index contributed by atoms with van der Waals surface area (Å²) in [4.78, 5) is 0. The fourth-order valence-electron chi connectivity index (χ4n) is 2.71. The molecule has 2 nitrogen and oxygen atoms in total. The molecule has 100 valence electrons. The number of hydrogen-bond acceptors (Lipinski definition) is 2. The van der Waals surface area contributed by atoms with E-state index in [1.165, 1.54) is 22.3 Å². The molecule has 2 rings (SSSR count). The predicted octanol–water partition coefficient (Wildman–Crippen LogP) is 3.44. The van der Waals surface area contributed by atoms with E-state index in [4.69, 9.17) is 4.74 Å². The van der Waals surface area contributed by atoms with Gasteiger partial charge >= 0.3 is 0 Å². The normalized spacial score (nSPS) is 18.9. The fraction of sp³-hybridized carbons (Fsp3) is 0.625. The van der Waals surface area contributed by atoms with Crippen molar-refractivity contribution in [3.63, 3.8) is 0 Å². The van der Waals surface area contributed by atoms with E-state index in [0.29, 0.717) is 6.10 Å². The number of aryl methyl sites for hydroxylation is 3. The average Bonchev–Trinajstić information content (AvgIpc) is 2.35. The molecule has 1 unspecified atom stereocenters. The third-order valence-corrected chi connectivity index (χ3v) is 4.00. The predicted molar refractivity (Wildman–Crippen MR) is 76.0 cm³/mol. The SMILES string of the molecule is Cc1cc(C)c(C(C)OC2CCNCC2)cc1C. The Morgan fingerprint density at radius 3 is 2.33 bits per heavy atom. The molecule has 1 fully saturated rings. The summed E-state index contributed by atoms with van der Waals surface area (Å²) >= 11 is 0. The molecule has 2 heteroatoms. The Labute approximate surface area is 111 Å². The van der Waals surface area contributed by atoms with Crippen molar-refractivity contribution in [2.24, 2.45) is 0 Å². The summed E-state index contributed by atoms with van der Waals surface area (Å²) in [6, 6.07) is 4.56. The van der Waals surface area contributed by atoms with Gasteiger partial charge in [-0.15, -0.1) is 0 Å². The number of ether oxygens (including phenoxy) is 1. The van der Waals surface area contributed by atoms with E-state index in [9.17, 15) is 0 Å². The van der Waals surface area contributed by atoms with Crippen molar-refractivity contribution < 1.29 is 4.74 Å². The summed E-state index contributed by atoms with van der Waals surface area (Å²) in [6.45, 7) is 10.9. The van der Waals surface area contributed by atoms with Crippen LogP contribution in [0.3, 0.4) is 0 Å². The van der Waals surface area contributed by atoms with Gasteiger partial charge in [-0.3, -0.25) is 0 Å². The van der Waals surface area contributed by atoms with Crippen LogP contribution in [0.4, 0.5) is 0 Å². The highest BCUT2D eigenvalue weighted by Crippen LogP contribution is 2.26. The summed E-state index contributed by atoms with van der Waals surface area (Å²) in [6.07, 6.45) is 2.89. The van der Waals surface area contributed by atoms with Crippen LogP contribution in [0.15, 0.2) is 12.1 Å². The standard InChI is InChI=1S/C16H25NO/c1-11-9-13(3)16(10-12(11)2)14(4)18-15-5-7-17-8-6-15/h9-10,14-15,17H,5-8H2,1-4H3. The van der Waals surface area contributed by atoms with Gasteiger partial charge in [-0.05, 0) is 75.9 Å². The number of hydrogen-bond donors (Lipinski definition) is 1. The van der Waals surface area contributed by atoms with Gasteiger partial charge in [0.05, 0.1) is 12.2 Å². The maximum absolute atomic E-state index is 6.21. The molecule has 0 aromatic heterocycles. The minimum atomic E-state index is 0.201. The Kier molecular flexibility index (Phi) is 4.41. The molecule has 1 heterocycles. The van der Waals surface area contributed by atoms with Crippen LogP contribution in [-0.4, -0.2) is 19.2 Å². The molecule has 0 saturated carbocycles. The Hall–Kier alpha value is -0.860. The highest BCUT2D eigenvalue weighted by molar-refractivity contribution is 5.37. The molecule has 18 heavy (non-hydrogen) atoms. The van der Waals surface area contributed by atoms with Gasteiger partial charge in [0.1, 0.15) is 0 Å². The van der Waals surface area contributed by atoms with E-state index >= 15 is 0 Å². The van der Waals surface area contributed by atoms with E-state index in [-0.39, 0.29) is 6.10 Å². The van der Waals surface area contributed by atoms with E-state index < -0.39 is 0 Å². The number of benzene rings is 1. The second-order valence-corrected chi connectivity index (χ2v) is 5.52. The van der Waals surface area contributed by atoms with Crippen molar-refractivity contribution in [2.75, 3.05) is 13.1 Å². The van der Waals surface area contributed by atoms with Crippen LogP contribution in [-0.2, 0) is 4.74 Å². The maximum Gasteiger partial charge on any atom is 0.0803 e. The zero-order valence-corrected chi connectivity index (χ0v) is 12.0. The zero-order valence-electron chi connectivity index (χ0n) is 12.0. The van der Waals surface area contributed by atoms with E-state index in [0.717, 1.165) is 25.9 Å². The van der Waals surface area contributed by atoms with Crippen LogP contribution in [0.5, 0.6) is 0 Å². The van der Waals surface area contributed by atoms with Gasteiger partial charge in [-0.1, -0.05) is 12.1 Å². The summed E-state index contributed by atoms with van der Waals surface area (Å²) < 4.78 is 6.21. The Balaban J connectivity index is 2.08. The molecule has 1 aliphatic heterocycles. The summed E-state index contributed by atoms with van der Waals surface area (Å²) in [5.41, 5.74) is 5.41. The van der Waals surface area contributed by atoms with Gasteiger partial charge in [-0.2, -0.15) is 0 Å². The molecule has 0 spiro atoms. The van der Waals surface area contributed by atoms with Gasteiger partial charge in [0.15, 0.2) is 0 Å². The van der Waals surface area contributed by atoms with Crippen molar-refractivity contribution >= 4 is 0 Å². The molecule has 0 radical (unpaired) electrons. The molecular weight excluding hydrogens is 222 g/mol. The van der Waals surface area contributed by atoms with Gasteiger partial charge in [0, 0.05) is 0 Å². The number of nitrogens with one attached hydrogen (secondary N) is 1. The molecule has 1 saturated heterocycles. The third-order valence-electron chi connectivity index (χ3n) is 4.00.